The summed E-state index contributed by atoms with van der Waals surface area (Å²) in [7, 11) is 0. The van der Waals surface area contributed by atoms with Crippen molar-refractivity contribution >= 4 is 33.6 Å². The van der Waals surface area contributed by atoms with E-state index in [2.05, 4.69) is 31.5 Å². The number of nitrogens with one attached hydrogen (secondary N) is 2. The van der Waals surface area contributed by atoms with Gasteiger partial charge in [0.05, 0.1) is 11.9 Å². The molecular weight excluding hydrogens is 410 g/mol. The van der Waals surface area contributed by atoms with E-state index in [0.717, 1.165) is 35.8 Å². The molecule has 27 heavy (non-hydrogen) atoms. The van der Waals surface area contributed by atoms with Crippen molar-refractivity contribution in [1.82, 2.24) is 10.3 Å². The third kappa shape index (κ3) is 5.67. The lowest BCUT2D eigenvalue weighted by molar-refractivity contribution is -0.120. The van der Waals surface area contributed by atoms with Crippen LogP contribution in [0.25, 0.3) is 0 Å². The van der Waals surface area contributed by atoms with Crippen LogP contribution in [0.2, 0.25) is 0 Å². The molecule has 2 fully saturated rings. The first-order valence-electron chi connectivity index (χ1n) is 9.56. The van der Waals surface area contributed by atoms with Crippen molar-refractivity contribution < 1.29 is 14.3 Å². The van der Waals surface area contributed by atoms with Gasteiger partial charge >= 0.3 is 6.09 Å². The van der Waals surface area contributed by atoms with E-state index in [1.165, 1.54) is 0 Å². The summed E-state index contributed by atoms with van der Waals surface area (Å²) in [6.45, 7) is 7.37. The van der Waals surface area contributed by atoms with Gasteiger partial charge in [-0.25, -0.2) is 9.78 Å². The molecule has 0 saturated heterocycles. The van der Waals surface area contributed by atoms with E-state index in [1.54, 1.807) is 6.20 Å². The van der Waals surface area contributed by atoms with Gasteiger partial charge in [-0.1, -0.05) is 0 Å². The molecule has 0 radical (unpaired) electrons. The molecule has 6 nitrogen and oxygen atoms in total. The maximum Gasteiger partial charge on any atom is 0.408 e. The van der Waals surface area contributed by atoms with Gasteiger partial charge in [-0.2, -0.15) is 0 Å². The average molecular weight is 438 g/mol. The summed E-state index contributed by atoms with van der Waals surface area (Å²) < 4.78 is 6.15. The fourth-order valence-electron chi connectivity index (χ4n) is 3.51. The lowest BCUT2D eigenvalue weighted by Crippen LogP contribution is -2.51. The first kappa shape index (κ1) is 20.1. The van der Waals surface area contributed by atoms with Gasteiger partial charge in [-0.05, 0) is 98.7 Å². The van der Waals surface area contributed by atoms with Crippen LogP contribution in [0.5, 0.6) is 0 Å². The number of pyridine rings is 1. The monoisotopic (exact) mass is 437 g/mol. The number of anilines is 1. The average Bonchev–Trinajstić information content (AvgIpc) is 3.42. The number of hydrogen-bond donors (Lipinski definition) is 2. The van der Waals surface area contributed by atoms with Crippen LogP contribution in [-0.4, -0.2) is 28.6 Å². The van der Waals surface area contributed by atoms with Crippen molar-refractivity contribution in [2.75, 3.05) is 5.32 Å². The van der Waals surface area contributed by atoms with Crippen LogP contribution in [0, 0.1) is 24.7 Å². The van der Waals surface area contributed by atoms with Crippen LogP contribution < -0.4 is 10.6 Å². The van der Waals surface area contributed by atoms with Crippen molar-refractivity contribution in [3.63, 3.8) is 0 Å². The Labute approximate surface area is 169 Å². The highest BCUT2D eigenvalue weighted by atomic mass is 79.9. The molecule has 1 aromatic heterocycles. The molecule has 2 N–H and O–H groups in total. The Kier molecular flexibility index (Phi) is 5.79. The number of amides is 2. The van der Waals surface area contributed by atoms with Crippen LogP contribution in [-0.2, 0) is 9.53 Å². The third-order valence-electron chi connectivity index (χ3n) is 4.95. The zero-order valence-corrected chi connectivity index (χ0v) is 17.9. The number of halogens is 1. The maximum atomic E-state index is 13.1. The number of aryl methyl sites for hydroxylation is 1. The van der Waals surface area contributed by atoms with E-state index in [0.29, 0.717) is 17.5 Å². The van der Waals surface area contributed by atoms with Gasteiger partial charge in [0, 0.05) is 0 Å². The van der Waals surface area contributed by atoms with E-state index in [1.807, 2.05) is 33.8 Å². The van der Waals surface area contributed by atoms with Gasteiger partial charge < -0.3 is 15.4 Å². The smallest absolute Gasteiger partial charge is 0.408 e. The quantitative estimate of drug-likeness (QED) is 0.645. The number of hydrogen-bond acceptors (Lipinski definition) is 4. The summed E-state index contributed by atoms with van der Waals surface area (Å²) in [5, 5.41) is 5.79. The maximum absolute atomic E-state index is 13.1. The summed E-state index contributed by atoms with van der Waals surface area (Å²) in [5.74, 6) is 0.983. The number of alkyl carbamates (subject to hydrolysis) is 1. The van der Waals surface area contributed by atoms with Crippen molar-refractivity contribution in [3.8, 4) is 0 Å². The molecule has 0 aliphatic heterocycles. The van der Waals surface area contributed by atoms with E-state index in [4.69, 9.17) is 4.74 Å². The van der Waals surface area contributed by atoms with Crippen LogP contribution in [0.4, 0.5) is 10.5 Å². The van der Waals surface area contributed by atoms with E-state index >= 15 is 0 Å². The minimum Gasteiger partial charge on any atom is -0.444 e. The second kappa shape index (κ2) is 7.78. The predicted molar refractivity (Wildman–Crippen MR) is 107 cm³/mol. The van der Waals surface area contributed by atoms with Gasteiger partial charge in [0.25, 0.3) is 0 Å². The lowest BCUT2D eigenvalue weighted by Gasteiger charge is -2.29. The SMILES string of the molecule is Cc1cc(NC(=O)C(NC(=O)OC(C)(C)C)C(C2CC2)C2CC2)cnc1Br. The highest BCUT2D eigenvalue weighted by Gasteiger charge is 2.48. The Balaban J connectivity index is 1.76. The highest BCUT2D eigenvalue weighted by molar-refractivity contribution is 9.10. The van der Waals surface area contributed by atoms with Gasteiger partial charge in [0.2, 0.25) is 5.91 Å². The molecule has 7 heteroatoms. The largest absolute Gasteiger partial charge is 0.444 e. The summed E-state index contributed by atoms with van der Waals surface area (Å²) in [6.07, 6.45) is 5.57. The summed E-state index contributed by atoms with van der Waals surface area (Å²) in [4.78, 5) is 29.7. The minimum atomic E-state index is -0.605. The highest BCUT2D eigenvalue weighted by Crippen LogP contribution is 2.50. The number of rotatable bonds is 6. The molecule has 2 amide bonds. The topological polar surface area (TPSA) is 80.3 Å². The molecule has 0 spiro atoms. The fourth-order valence-corrected chi connectivity index (χ4v) is 3.73. The Morgan fingerprint density at radius 3 is 2.30 bits per heavy atom. The van der Waals surface area contributed by atoms with Gasteiger partial charge in [-0.3, -0.25) is 4.79 Å². The number of aromatic nitrogens is 1. The predicted octanol–water partition coefficient (Wildman–Crippen LogP) is 4.42. The molecular formula is C20H28BrN3O3. The van der Waals surface area contributed by atoms with Crippen molar-refractivity contribution in [2.45, 2.75) is 65.0 Å². The van der Waals surface area contributed by atoms with Crippen LogP contribution in [0.15, 0.2) is 16.9 Å². The molecule has 1 atom stereocenters. The first-order valence-corrected chi connectivity index (χ1v) is 10.4. The number of nitrogens with zero attached hydrogens (tertiary/aromatic N) is 1. The molecule has 148 valence electrons. The van der Waals surface area contributed by atoms with E-state index in [-0.39, 0.29) is 11.8 Å². The Morgan fingerprint density at radius 1 is 1.22 bits per heavy atom. The Morgan fingerprint density at radius 2 is 1.81 bits per heavy atom. The normalized spacial score (nSPS) is 18.1. The van der Waals surface area contributed by atoms with Gasteiger partial charge in [0.15, 0.2) is 0 Å². The minimum absolute atomic E-state index is 0.169. The Hall–Kier alpha value is -1.63. The summed E-state index contributed by atoms with van der Waals surface area (Å²) in [6, 6.07) is 1.27. The number of carbonyl (C=O) groups is 2. The van der Waals surface area contributed by atoms with Crippen molar-refractivity contribution in [1.29, 1.82) is 0 Å². The van der Waals surface area contributed by atoms with Crippen molar-refractivity contribution in [2.24, 2.45) is 17.8 Å². The Bertz CT molecular complexity index is 712. The first-order chi connectivity index (χ1) is 12.6. The van der Waals surface area contributed by atoms with Crippen LogP contribution >= 0.6 is 15.9 Å². The second-order valence-electron chi connectivity index (χ2n) is 8.70. The van der Waals surface area contributed by atoms with Crippen molar-refractivity contribution in [3.05, 3.63) is 22.4 Å². The van der Waals surface area contributed by atoms with E-state index < -0.39 is 17.7 Å². The van der Waals surface area contributed by atoms with Crippen LogP contribution in [0.3, 0.4) is 0 Å². The second-order valence-corrected chi connectivity index (χ2v) is 9.45. The third-order valence-corrected chi connectivity index (χ3v) is 5.78. The van der Waals surface area contributed by atoms with E-state index in [9.17, 15) is 9.59 Å². The molecule has 1 unspecified atom stereocenters. The zero-order chi connectivity index (χ0) is 19.8. The molecule has 0 bridgehead atoms. The zero-order valence-electron chi connectivity index (χ0n) is 16.3. The fraction of sp³-hybridized carbons (Fsp3) is 0.650. The lowest BCUT2D eigenvalue weighted by atomic mass is 9.88. The molecule has 2 aliphatic rings. The van der Waals surface area contributed by atoms with Gasteiger partial charge in [0.1, 0.15) is 16.2 Å². The van der Waals surface area contributed by atoms with Crippen LogP contribution in [0.1, 0.15) is 52.0 Å². The number of carbonyl (C=O) groups excluding carboxylic acids is 2. The summed E-state index contributed by atoms with van der Waals surface area (Å²) in [5.41, 5.74) is 0.958. The number of ether oxygens (including phenoxy) is 1. The molecule has 3 rings (SSSR count). The summed E-state index contributed by atoms with van der Waals surface area (Å²) >= 11 is 3.37. The molecule has 0 aromatic carbocycles. The molecule has 2 aliphatic carbocycles. The standard InChI is InChI=1S/C20H28BrN3O3/c1-11-9-14(10-22-17(11)21)23-18(25)16(24-19(26)27-20(2,3)4)15(12-5-6-12)13-7-8-13/h9-10,12-13,15-16H,5-8H2,1-4H3,(H,23,25)(H,24,26). The van der Waals surface area contributed by atoms with Gasteiger partial charge in [-0.15, -0.1) is 0 Å². The molecule has 2 saturated carbocycles. The molecule has 1 heterocycles. The molecule has 1 aromatic rings.